The van der Waals surface area contributed by atoms with Gasteiger partial charge in [-0.25, -0.2) is 4.79 Å². The summed E-state index contributed by atoms with van der Waals surface area (Å²) in [6, 6.07) is 7.88. The van der Waals surface area contributed by atoms with Crippen LogP contribution in [0.4, 0.5) is 4.79 Å². The quantitative estimate of drug-likeness (QED) is 0.849. The molecule has 2 N–H and O–H groups in total. The van der Waals surface area contributed by atoms with Gasteiger partial charge in [0.25, 0.3) is 0 Å². The van der Waals surface area contributed by atoms with Crippen molar-refractivity contribution in [1.82, 2.24) is 10.6 Å². The third-order valence-corrected chi connectivity index (χ3v) is 4.25. The van der Waals surface area contributed by atoms with Crippen molar-refractivity contribution in [1.29, 1.82) is 0 Å². The maximum atomic E-state index is 12.0. The Balaban J connectivity index is 1.44. The summed E-state index contributed by atoms with van der Waals surface area (Å²) in [5, 5.41) is 5.93. The van der Waals surface area contributed by atoms with E-state index in [2.05, 4.69) is 17.6 Å². The predicted molar refractivity (Wildman–Crippen MR) is 83.9 cm³/mol. The largest absolute Gasteiger partial charge is 0.494 e. The van der Waals surface area contributed by atoms with Gasteiger partial charge in [0.05, 0.1) is 24.9 Å². The van der Waals surface area contributed by atoms with E-state index >= 15 is 0 Å². The molecule has 1 aromatic rings. The first-order valence-electron chi connectivity index (χ1n) is 8.16. The summed E-state index contributed by atoms with van der Waals surface area (Å²) in [7, 11) is 0. The van der Waals surface area contributed by atoms with Gasteiger partial charge in [0.15, 0.2) is 0 Å². The molecule has 120 valence electrons. The zero-order valence-corrected chi connectivity index (χ0v) is 13.0. The molecule has 0 aromatic heterocycles. The number of rotatable bonds is 6. The van der Waals surface area contributed by atoms with Crippen LogP contribution in [0.2, 0.25) is 0 Å². The maximum Gasteiger partial charge on any atom is 0.315 e. The standard InChI is InChI=1S/C17H24N2O3/c1-2-8-21-13-5-3-4-12(9-13)11-18-17(20)19-15-10-14-6-7-16(15)22-14/h3-5,9,14-16H,2,6-8,10-11H2,1H3,(H2,18,19,20)/t14-,15+,16-/m1/s1. The molecule has 0 unspecified atom stereocenters. The predicted octanol–water partition coefficient (Wildman–Crippen LogP) is 2.59. The molecule has 3 atom stereocenters. The Morgan fingerprint density at radius 3 is 3.05 bits per heavy atom. The van der Waals surface area contributed by atoms with Crippen LogP contribution < -0.4 is 15.4 Å². The van der Waals surface area contributed by atoms with Crippen molar-refractivity contribution < 1.29 is 14.3 Å². The van der Waals surface area contributed by atoms with Crippen LogP contribution in [0, 0.1) is 0 Å². The number of ether oxygens (including phenoxy) is 2. The van der Waals surface area contributed by atoms with E-state index in [-0.39, 0.29) is 18.2 Å². The summed E-state index contributed by atoms with van der Waals surface area (Å²) < 4.78 is 11.3. The van der Waals surface area contributed by atoms with Crippen molar-refractivity contribution in [2.75, 3.05) is 6.61 Å². The van der Waals surface area contributed by atoms with E-state index in [0.29, 0.717) is 19.3 Å². The summed E-state index contributed by atoms with van der Waals surface area (Å²) >= 11 is 0. The minimum Gasteiger partial charge on any atom is -0.494 e. The van der Waals surface area contributed by atoms with E-state index in [1.54, 1.807) is 0 Å². The molecule has 2 fully saturated rings. The van der Waals surface area contributed by atoms with Gasteiger partial charge in [0, 0.05) is 6.54 Å². The van der Waals surface area contributed by atoms with E-state index in [0.717, 1.165) is 37.0 Å². The second kappa shape index (κ2) is 7.01. The monoisotopic (exact) mass is 304 g/mol. The van der Waals surface area contributed by atoms with E-state index in [1.165, 1.54) is 0 Å². The lowest BCUT2D eigenvalue weighted by atomic mass is 9.96. The lowest BCUT2D eigenvalue weighted by Crippen LogP contribution is -2.46. The van der Waals surface area contributed by atoms with Crippen LogP contribution in [-0.4, -0.2) is 30.9 Å². The second-order valence-corrected chi connectivity index (χ2v) is 6.04. The number of fused-ring (bicyclic) bond motifs is 2. The first-order chi connectivity index (χ1) is 10.7. The van der Waals surface area contributed by atoms with Crippen LogP contribution in [-0.2, 0) is 11.3 Å². The molecule has 5 nitrogen and oxygen atoms in total. The molecule has 0 spiro atoms. The number of benzene rings is 1. The number of urea groups is 1. The van der Waals surface area contributed by atoms with Crippen molar-refractivity contribution in [3.63, 3.8) is 0 Å². The molecule has 0 aliphatic carbocycles. The Hall–Kier alpha value is -1.75. The third-order valence-electron chi connectivity index (χ3n) is 4.25. The molecule has 2 heterocycles. The number of hydrogen-bond donors (Lipinski definition) is 2. The van der Waals surface area contributed by atoms with Crippen molar-refractivity contribution >= 4 is 6.03 Å². The lowest BCUT2D eigenvalue weighted by Gasteiger charge is -2.20. The molecule has 2 saturated heterocycles. The van der Waals surface area contributed by atoms with Crippen LogP contribution >= 0.6 is 0 Å². The smallest absolute Gasteiger partial charge is 0.315 e. The highest BCUT2D eigenvalue weighted by Gasteiger charge is 2.41. The lowest BCUT2D eigenvalue weighted by molar-refractivity contribution is 0.0981. The first-order valence-corrected chi connectivity index (χ1v) is 8.16. The van der Waals surface area contributed by atoms with E-state index < -0.39 is 0 Å². The zero-order valence-electron chi connectivity index (χ0n) is 13.0. The van der Waals surface area contributed by atoms with Gasteiger partial charge < -0.3 is 20.1 Å². The summed E-state index contributed by atoms with van der Waals surface area (Å²) in [4.78, 5) is 12.0. The highest BCUT2D eigenvalue weighted by molar-refractivity contribution is 5.74. The molecular weight excluding hydrogens is 280 g/mol. The average Bonchev–Trinajstić information content (AvgIpc) is 3.14. The Morgan fingerprint density at radius 1 is 1.41 bits per heavy atom. The average molecular weight is 304 g/mol. The van der Waals surface area contributed by atoms with Crippen LogP contribution in [0.3, 0.4) is 0 Å². The van der Waals surface area contributed by atoms with Gasteiger partial charge >= 0.3 is 6.03 Å². The first kappa shape index (κ1) is 15.2. The fourth-order valence-electron chi connectivity index (χ4n) is 3.16. The number of hydrogen-bond acceptors (Lipinski definition) is 3. The second-order valence-electron chi connectivity index (χ2n) is 6.04. The SMILES string of the molecule is CCCOc1cccc(CNC(=O)N[C@H]2C[C@H]3CC[C@H]2O3)c1. The summed E-state index contributed by atoms with van der Waals surface area (Å²) in [6.07, 6.45) is 4.68. The number of carbonyl (C=O) groups excluding carboxylic acids is 1. The van der Waals surface area contributed by atoms with Gasteiger partial charge in [-0.2, -0.15) is 0 Å². The minimum absolute atomic E-state index is 0.124. The number of amides is 2. The van der Waals surface area contributed by atoms with Crippen LogP contribution in [0.15, 0.2) is 24.3 Å². The fraction of sp³-hybridized carbons (Fsp3) is 0.588. The molecular formula is C17H24N2O3. The van der Waals surface area contributed by atoms with Gasteiger partial charge in [0.2, 0.25) is 0 Å². The Kier molecular flexibility index (Phi) is 4.83. The number of carbonyl (C=O) groups is 1. The van der Waals surface area contributed by atoms with Crippen molar-refractivity contribution in [2.24, 2.45) is 0 Å². The van der Waals surface area contributed by atoms with Gasteiger partial charge in [-0.15, -0.1) is 0 Å². The Morgan fingerprint density at radius 2 is 2.32 bits per heavy atom. The molecule has 22 heavy (non-hydrogen) atoms. The summed E-state index contributed by atoms with van der Waals surface area (Å²) in [6.45, 7) is 3.29. The van der Waals surface area contributed by atoms with Crippen molar-refractivity contribution in [3.05, 3.63) is 29.8 Å². The Bertz CT molecular complexity index is 520. The van der Waals surface area contributed by atoms with Gasteiger partial charge in [-0.1, -0.05) is 19.1 Å². The molecule has 5 heteroatoms. The highest BCUT2D eigenvalue weighted by atomic mass is 16.5. The van der Waals surface area contributed by atoms with Gasteiger partial charge in [-0.05, 0) is 43.4 Å². The Labute approximate surface area is 131 Å². The van der Waals surface area contributed by atoms with Crippen LogP contribution in [0.5, 0.6) is 5.75 Å². The molecule has 0 saturated carbocycles. The van der Waals surface area contributed by atoms with Gasteiger partial charge in [0.1, 0.15) is 5.75 Å². The molecule has 2 aliphatic rings. The molecule has 1 aromatic carbocycles. The highest BCUT2D eigenvalue weighted by Crippen LogP contribution is 2.34. The molecule has 3 rings (SSSR count). The van der Waals surface area contributed by atoms with E-state index in [9.17, 15) is 4.79 Å². The minimum atomic E-state index is -0.124. The van der Waals surface area contributed by atoms with Gasteiger partial charge in [-0.3, -0.25) is 0 Å². The van der Waals surface area contributed by atoms with Crippen molar-refractivity contribution in [2.45, 2.75) is 57.4 Å². The fourth-order valence-corrected chi connectivity index (χ4v) is 3.16. The molecule has 2 bridgehead atoms. The summed E-state index contributed by atoms with van der Waals surface area (Å²) in [5.41, 5.74) is 1.04. The molecule has 2 aliphatic heterocycles. The molecule has 0 radical (unpaired) electrons. The molecule has 2 amide bonds. The topological polar surface area (TPSA) is 59.6 Å². The third kappa shape index (κ3) is 3.71. The zero-order chi connectivity index (χ0) is 15.4. The van der Waals surface area contributed by atoms with E-state index in [1.807, 2.05) is 24.3 Å². The van der Waals surface area contributed by atoms with Crippen LogP contribution in [0.25, 0.3) is 0 Å². The van der Waals surface area contributed by atoms with E-state index in [4.69, 9.17) is 9.47 Å². The summed E-state index contributed by atoms with van der Waals surface area (Å²) in [5.74, 6) is 0.850. The maximum absolute atomic E-state index is 12.0. The van der Waals surface area contributed by atoms with Crippen molar-refractivity contribution in [3.8, 4) is 5.75 Å². The van der Waals surface area contributed by atoms with Crippen LogP contribution in [0.1, 0.15) is 38.2 Å². The normalized spacial score (nSPS) is 26.0. The number of nitrogens with one attached hydrogen (secondary N) is 2.